The van der Waals surface area contributed by atoms with Crippen LogP contribution in [0.15, 0.2) is 12.7 Å². The zero-order valence-corrected chi connectivity index (χ0v) is 14.7. The van der Waals surface area contributed by atoms with E-state index < -0.39 is 28.5 Å². The number of aliphatic hydroxyl groups is 1. The average Bonchev–Trinajstić information content (AvgIpc) is 3.14. The van der Waals surface area contributed by atoms with Crippen LogP contribution < -0.4 is 10.5 Å². The Bertz CT molecular complexity index is 898. The zero-order chi connectivity index (χ0) is 18.3. The van der Waals surface area contributed by atoms with E-state index in [9.17, 15) is 13.5 Å². The van der Waals surface area contributed by atoms with Crippen LogP contribution in [-0.2, 0) is 19.5 Å². The maximum Gasteiger partial charge on any atom is 0.212 e. The minimum atomic E-state index is -3.44. The molecule has 2 saturated heterocycles. The van der Waals surface area contributed by atoms with Crippen molar-refractivity contribution in [3.63, 3.8) is 0 Å². The van der Waals surface area contributed by atoms with Crippen LogP contribution in [0.4, 0.5) is 5.82 Å². The van der Waals surface area contributed by atoms with Crippen molar-refractivity contribution in [3.8, 4) is 0 Å². The highest BCUT2D eigenvalue weighted by Gasteiger charge is 2.37. The van der Waals surface area contributed by atoms with Gasteiger partial charge in [0, 0.05) is 6.42 Å². The van der Waals surface area contributed by atoms with Crippen LogP contribution in [0, 0.1) is 0 Å². The number of anilines is 1. The highest BCUT2D eigenvalue weighted by Crippen LogP contribution is 2.32. The molecule has 4 heterocycles. The fourth-order valence-corrected chi connectivity index (χ4v) is 4.42. The number of aromatic nitrogens is 4. The molecule has 26 heavy (non-hydrogen) atoms. The van der Waals surface area contributed by atoms with Crippen LogP contribution in [0.5, 0.6) is 0 Å². The molecule has 0 aromatic carbocycles. The van der Waals surface area contributed by atoms with Crippen LogP contribution in [0.2, 0.25) is 0 Å². The van der Waals surface area contributed by atoms with Gasteiger partial charge in [-0.15, -0.1) is 0 Å². The monoisotopic (exact) mass is 384 g/mol. The number of hydrogen-bond donors (Lipinski definition) is 3. The molecule has 4 N–H and O–H groups in total. The van der Waals surface area contributed by atoms with Gasteiger partial charge in [0.05, 0.1) is 43.5 Å². The smallest absolute Gasteiger partial charge is 0.212 e. The summed E-state index contributed by atoms with van der Waals surface area (Å²) in [5.41, 5.74) is 6.75. The zero-order valence-electron chi connectivity index (χ0n) is 13.9. The van der Waals surface area contributed by atoms with Gasteiger partial charge < -0.3 is 20.3 Å². The Labute approximate surface area is 149 Å². The molecule has 0 unspecified atom stereocenters. The van der Waals surface area contributed by atoms with Gasteiger partial charge in [-0.1, -0.05) is 0 Å². The molecule has 2 aliphatic rings. The lowest BCUT2D eigenvalue weighted by molar-refractivity contribution is -0.0181. The van der Waals surface area contributed by atoms with Crippen LogP contribution >= 0.6 is 0 Å². The van der Waals surface area contributed by atoms with Gasteiger partial charge >= 0.3 is 0 Å². The first kappa shape index (κ1) is 17.5. The second kappa shape index (κ2) is 6.70. The predicted octanol–water partition coefficient (Wildman–Crippen LogP) is -1.23. The SMILES string of the molecule is Nc1ncnc2c1ncn2[C@H]1C[C@H](O)[C@@H](CCS(=O)(=O)NC2COC2)O1. The van der Waals surface area contributed by atoms with Crippen LogP contribution in [0.25, 0.3) is 11.2 Å². The summed E-state index contributed by atoms with van der Waals surface area (Å²) in [7, 11) is -3.44. The van der Waals surface area contributed by atoms with E-state index in [0.717, 1.165) is 0 Å². The third-order valence-corrected chi connectivity index (χ3v) is 6.02. The topological polar surface area (TPSA) is 154 Å². The molecule has 0 aliphatic carbocycles. The third-order valence-electron chi connectivity index (χ3n) is 4.56. The molecule has 0 amide bonds. The number of nitrogen functional groups attached to an aromatic ring is 1. The van der Waals surface area contributed by atoms with Gasteiger partial charge in [-0.3, -0.25) is 4.57 Å². The molecule has 2 aromatic heterocycles. The van der Waals surface area contributed by atoms with Crippen LogP contribution in [-0.4, -0.2) is 70.3 Å². The van der Waals surface area contributed by atoms with Crippen molar-refractivity contribution in [1.82, 2.24) is 24.2 Å². The lowest BCUT2D eigenvalue weighted by atomic mass is 10.1. The Hall–Kier alpha value is -1.86. The van der Waals surface area contributed by atoms with Crippen molar-refractivity contribution in [2.45, 2.75) is 37.3 Å². The van der Waals surface area contributed by atoms with Gasteiger partial charge in [-0.25, -0.2) is 28.1 Å². The lowest BCUT2D eigenvalue weighted by Gasteiger charge is -2.26. The summed E-state index contributed by atoms with van der Waals surface area (Å²) in [6, 6.07) is -0.162. The fraction of sp³-hybridized carbons (Fsp3) is 0.643. The van der Waals surface area contributed by atoms with Gasteiger partial charge in [-0.2, -0.15) is 0 Å². The Morgan fingerprint density at radius 1 is 1.35 bits per heavy atom. The van der Waals surface area contributed by atoms with Crippen molar-refractivity contribution in [3.05, 3.63) is 12.7 Å². The number of ether oxygens (including phenoxy) is 2. The van der Waals surface area contributed by atoms with E-state index in [0.29, 0.717) is 30.8 Å². The molecule has 0 saturated carbocycles. The van der Waals surface area contributed by atoms with Gasteiger partial charge in [-0.05, 0) is 6.42 Å². The summed E-state index contributed by atoms with van der Waals surface area (Å²) in [4.78, 5) is 12.2. The van der Waals surface area contributed by atoms with Gasteiger partial charge in [0.25, 0.3) is 0 Å². The summed E-state index contributed by atoms with van der Waals surface area (Å²) in [6.45, 7) is 0.783. The molecule has 2 aliphatic heterocycles. The van der Waals surface area contributed by atoms with Crippen molar-refractivity contribution in [1.29, 1.82) is 0 Å². The number of hydrogen-bond acceptors (Lipinski definition) is 9. The van der Waals surface area contributed by atoms with Crippen molar-refractivity contribution in [2.24, 2.45) is 0 Å². The third kappa shape index (κ3) is 3.38. The van der Waals surface area contributed by atoms with Crippen LogP contribution in [0.3, 0.4) is 0 Å². The van der Waals surface area contributed by atoms with Crippen molar-refractivity contribution in [2.75, 3.05) is 24.7 Å². The molecular formula is C14H20N6O5S. The summed E-state index contributed by atoms with van der Waals surface area (Å²) >= 11 is 0. The first-order chi connectivity index (χ1) is 12.4. The first-order valence-corrected chi connectivity index (χ1v) is 9.92. The van der Waals surface area contributed by atoms with E-state index in [-0.39, 0.29) is 24.0 Å². The number of aliphatic hydroxyl groups excluding tert-OH is 1. The number of fused-ring (bicyclic) bond motifs is 1. The molecular weight excluding hydrogens is 364 g/mol. The fourth-order valence-electron chi connectivity index (χ4n) is 3.11. The van der Waals surface area contributed by atoms with Gasteiger partial charge in [0.1, 0.15) is 18.1 Å². The number of imidazole rings is 1. The van der Waals surface area contributed by atoms with E-state index >= 15 is 0 Å². The van der Waals surface area contributed by atoms with E-state index in [1.165, 1.54) is 12.7 Å². The van der Waals surface area contributed by atoms with Crippen molar-refractivity contribution >= 4 is 27.0 Å². The largest absolute Gasteiger partial charge is 0.390 e. The summed E-state index contributed by atoms with van der Waals surface area (Å²) in [6.07, 6.45) is 1.49. The molecule has 2 fully saturated rings. The van der Waals surface area contributed by atoms with E-state index in [2.05, 4.69) is 19.7 Å². The standard InChI is InChI=1S/C14H20N6O5S/c15-13-12-14(17-6-16-13)20(7-18-12)11-3-9(21)10(25-11)1-2-26(22,23)19-8-4-24-5-8/h6-11,19,21H,1-5H2,(H2,15,16,17)/t9-,10+,11+/m0/s1. The quantitative estimate of drug-likeness (QED) is 0.555. The molecule has 0 radical (unpaired) electrons. The molecule has 11 nitrogen and oxygen atoms in total. The minimum Gasteiger partial charge on any atom is -0.390 e. The van der Waals surface area contributed by atoms with Crippen molar-refractivity contribution < 1.29 is 23.0 Å². The van der Waals surface area contributed by atoms with E-state index in [1.54, 1.807) is 4.57 Å². The Morgan fingerprint density at radius 2 is 2.15 bits per heavy atom. The van der Waals surface area contributed by atoms with Gasteiger partial charge in [0.15, 0.2) is 11.5 Å². The number of nitrogens with one attached hydrogen (secondary N) is 1. The summed E-state index contributed by atoms with van der Waals surface area (Å²) < 4.78 is 39.2. The molecule has 142 valence electrons. The van der Waals surface area contributed by atoms with E-state index in [1.807, 2.05) is 0 Å². The molecule has 0 bridgehead atoms. The molecule has 12 heteroatoms. The highest BCUT2D eigenvalue weighted by atomic mass is 32.2. The second-order valence-corrected chi connectivity index (χ2v) is 8.35. The number of nitrogens with two attached hydrogens (primary N) is 1. The summed E-state index contributed by atoms with van der Waals surface area (Å²) in [5.74, 6) is 0.138. The predicted molar refractivity (Wildman–Crippen MR) is 90.4 cm³/mol. The number of sulfonamides is 1. The number of nitrogens with zero attached hydrogens (tertiary/aromatic N) is 4. The maximum absolute atomic E-state index is 12.1. The lowest BCUT2D eigenvalue weighted by Crippen LogP contribution is -2.49. The highest BCUT2D eigenvalue weighted by molar-refractivity contribution is 7.89. The molecule has 3 atom stereocenters. The Kier molecular flexibility index (Phi) is 4.52. The van der Waals surface area contributed by atoms with Gasteiger partial charge in [0.2, 0.25) is 10.0 Å². The van der Waals surface area contributed by atoms with E-state index in [4.69, 9.17) is 15.2 Å². The first-order valence-electron chi connectivity index (χ1n) is 8.27. The normalized spacial score (nSPS) is 27.0. The molecule has 0 spiro atoms. The maximum atomic E-state index is 12.1. The number of rotatable bonds is 6. The average molecular weight is 384 g/mol. The summed E-state index contributed by atoms with van der Waals surface area (Å²) in [5, 5.41) is 10.3. The Morgan fingerprint density at radius 3 is 2.88 bits per heavy atom. The van der Waals surface area contributed by atoms with Crippen LogP contribution in [0.1, 0.15) is 19.1 Å². The molecule has 4 rings (SSSR count). The Balaban J connectivity index is 1.41. The second-order valence-electron chi connectivity index (χ2n) is 6.47. The molecule has 2 aromatic rings. The minimum absolute atomic E-state index is 0.127.